The minimum atomic E-state index is -3.64. The molecular formula is C12H16N2O3S. The zero-order valence-corrected chi connectivity index (χ0v) is 11.2. The highest BCUT2D eigenvalue weighted by Gasteiger charge is 2.32. The average Bonchev–Trinajstić information content (AvgIpc) is 2.49. The van der Waals surface area contributed by atoms with Gasteiger partial charge < -0.3 is 5.32 Å². The molecule has 0 saturated carbocycles. The number of rotatable bonds is 4. The quantitative estimate of drug-likeness (QED) is 0.872. The summed E-state index contributed by atoms with van der Waals surface area (Å²) in [4.78, 5) is 11.6. The predicted octanol–water partition coefficient (Wildman–Crippen LogP) is 1.72. The Labute approximate surface area is 107 Å². The first-order chi connectivity index (χ1) is 8.44. The summed E-state index contributed by atoms with van der Waals surface area (Å²) >= 11 is 0. The Hall–Kier alpha value is -1.56. The first-order valence-corrected chi connectivity index (χ1v) is 7.40. The molecule has 1 aliphatic heterocycles. The van der Waals surface area contributed by atoms with Crippen LogP contribution in [0, 0.1) is 0 Å². The molecule has 1 aromatic rings. The van der Waals surface area contributed by atoms with E-state index >= 15 is 0 Å². The largest absolute Gasteiger partial charge is 0.383 e. The highest BCUT2D eigenvalue weighted by atomic mass is 32.2. The van der Waals surface area contributed by atoms with Crippen LogP contribution in [0.1, 0.15) is 37.0 Å². The Morgan fingerprint density at radius 1 is 1.39 bits per heavy atom. The van der Waals surface area contributed by atoms with E-state index in [0.717, 1.165) is 18.5 Å². The van der Waals surface area contributed by atoms with Gasteiger partial charge in [0.15, 0.2) is 0 Å². The molecule has 18 heavy (non-hydrogen) atoms. The van der Waals surface area contributed by atoms with E-state index in [0.29, 0.717) is 0 Å². The molecule has 0 radical (unpaired) electrons. The Bertz CT molecular complexity index is 581. The van der Waals surface area contributed by atoms with Gasteiger partial charge in [-0.3, -0.25) is 4.79 Å². The van der Waals surface area contributed by atoms with Crippen LogP contribution in [0.4, 0.5) is 5.69 Å². The van der Waals surface area contributed by atoms with E-state index < -0.39 is 15.9 Å². The third-order valence-corrected chi connectivity index (χ3v) is 4.26. The van der Waals surface area contributed by atoms with Gasteiger partial charge in [0.1, 0.15) is 4.90 Å². The van der Waals surface area contributed by atoms with Crippen molar-refractivity contribution in [2.45, 2.75) is 37.6 Å². The van der Waals surface area contributed by atoms with Crippen molar-refractivity contribution in [3.8, 4) is 0 Å². The van der Waals surface area contributed by atoms with Gasteiger partial charge in [0, 0.05) is 11.7 Å². The van der Waals surface area contributed by atoms with Crippen LogP contribution in [-0.2, 0) is 10.0 Å². The molecule has 6 heteroatoms. The summed E-state index contributed by atoms with van der Waals surface area (Å²) in [5, 5.41) is 3.25. The number of carbonyl (C=O) groups excluding carboxylic acids is 1. The topological polar surface area (TPSA) is 75.3 Å². The first-order valence-electron chi connectivity index (χ1n) is 5.92. The van der Waals surface area contributed by atoms with Crippen molar-refractivity contribution in [1.82, 2.24) is 4.72 Å². The van der Waals surface area contributed by atoms with Crippen LogP contribution in [0.5, 0.6) is 0 Å². The van der Waals surface area contributed by atoms with Crippen LogP contribution >= 0.6 is 0 Å². The van der Waals surface area contributed by atoms with Gasteiger partial charge >= 0.3 is 0 Å². The van der Waals surface area contributed by atoms with Crippen LogP contribution in [0.3, 0.4) is 0 Å². The van der Waals surface area contributed by atoms with Gasteiger partial charge in [-0.2, -0.15) is 0 Å². The summed E-state index contributed by atoms with van der Waals surface area (Å²) in [6.45, 7) is 4.15. The molecule has 1 aliphatic rings. The molecule has 0 bridgehead atoms. The summed E-state index contributed by atoms with van der Waals surface area (Å²) in [6.07, 6.45) is 2.08. The molecule has 0 fully saturated rings. The SMILES string of the molecule is CCCC(C)Nc1ccc2c(c1)C(=O)NS2(=O)=O. The second-order valence-electron chi connectivity index (χ2n) is 4.48. The number of carbonyl (C=O) groups is 1. The summed E-state index contributed by atoms with van der Waals surface area (Å²) in [5.74, 6) is -0.559. The number of fused-ring (bicyclic) bond motifs is 1. The standard InChI is InChI=1S/C12H16N2O3S/c1-3-4-8(2)13-9-5-6-11-10(7-9)12(15)14-18(11,16)17/h5-8,13H,3-4H2,1-2H3,(H,14,15). The van der Waals surface area contributed by atoms with Crippen LogP contribution in [0.2, 0.25) is 0 Å². The summed E-state index contributed by atoms with van der Waals surface area (Å²) in [7, 11) is -3.64. The minimum Gasteiger partial charge on any atom is -0.383 e. The zero-order valence-electron chi connectivity index (χ0n) is 10.4. The maximum atomic E-state index is 11.5. The number of benzene rings is 1. The molecule has 98 valence electrons. The number of sulfonamides is 1. The van der Waals surface area contributed by atoms with Crippen LogP contribution in [0.15, 0.2) is 23.1 Å². The van der Waals surface area contributed by atoms with Crippen LogP contribution in [-0.4, -0.2) is 20.4 Å². The summed E-state index contributed by atoms with van der Waals surface area (Å²) in [5.41, 5.74) is 0.977. The molecule has 2 N–H and O–H groups in total. The number of amides is 1. The fraction of sp³-hybridized carbons (Fsp3) is 0.417. The molecule has 1 atom stereocenters. The lowest BCUT2D eigenvalue weighted by molar-refractivity contribution is 0.0985. The van der Waals surface area contributed by atoms with Crippen molar-refractivity contribution in [1.29, 1.82) is 0 Å². The van der Waals surface area contributed by atoms with Gasteiger partial charge in [0.05, 0.1) is 5.56 Å². The van der Waals surface area contributed by atoms with Gasteiger partial charge in [0.2, 0.25) is 0 Å². The number of nitrogens with one attached hydrogen (secondary N) is 2. The maximum Gasteiger partial charge on any atom is 0.266 e. The molecule has 0 aliphatic carbocycles. The second kappa shape index (κ2) is 4.61. The van der Waals surface area contributed by atoms with Gasteiger partial charge in [-0.25, -0.2) is 13.1 Å². The average molecular weight is 268 g/mol. The van der Waals surface area contributed by atoms with Gasteiger partial charge in [0.25, 0.3) is 15.9 Å². The van der Waals surface area contributed by atoms with E-state index in [-0.39, 0.29) is 16.5 Å². The fourth-order valence-corrected chi connectivity index (χ4v) is 3.21. The first kappa shape index (κ1) is 12.9. The van der Waals surface area contributed by atoms with Crippen molar-refractivity contribution < 1.29 is 13.2 Å². The van der Waals surface area contributed by atoms with Crippen LogP contribution < -0.4 is 10.0 Å². The Balaban J connectivity index is 2.29. The lowest BCUT2D eigenvalue weighted by Crippen LogP contribution is -2.20. The van der Waals surface area contributed by atoms with Gasteiger partial charge in [-0.1, -0.05) is 13.3 Å². The molecule has 5 nitrogen and oxygen atoms in total. The Kier molecular flexibility index (Phi) is 3.30. The van der Waals surface area contributed by atoms with E-state index in [2.05, 4.69) is 12.2 Å². The Morgan fingerprint density at radius 2 is 2.11 bits per heavy atom. The van der Waals surface area contributed by atoms with E-state index in [9.17, 15) is 13.2 Å². The lowest BCUT2D eigenvalue weighted by atomic mass is 10.1. The highest BCUT2D eigenvalue weighted by Crippen LogP contribution is 2.25. The normalized spacial score (nSPS) is 18.0. The molecule has 0 spiro atoms. The van der Waals surface area contributed by atoms with Crippen molar-refractivity contribution >= 4 is 21.6 Å². The van der Waals surface area contributed by atoms with E-state index in [4.69, 9.17) is 0 Å². The number of anilines is 1. The summed E-state index contributed by atoms with van der Waals surface area (Å²) < 4.78 is 25.1. The zero-order chi connectivity index (χ0) is 13.3. The van der Waals surface area contributed by atoms with Gasteiger partial charge in [-0.05, 0) is 31.5 Å². The third kappa shape index (κ3) is 2.33. The molecule has 1 amide bonds. The molecular weight excluding hydrogens is 252 g/mol. The monoisotopic (exact) mass is 268 g/mol. The number of hydrogen-bond donors (Lipinski definition) is 2. The maximum absolute atomic E-state index is 11.5. The van der Waals surface area contributed by atoms with Crippen molar-refractivity contribution in [3.05, 3.63) is 23.8 Å². The molecule has 1 aromatic carbocycles. The van der Waals surface area contributed by atoms with Crippen LogP contribution in [0.25, 0.3) is 0 Å². The molecule has 1 unspecified atom stereocenters. The molecule has 2 rings (SSSR count). The third-order valence-electron chi connectivity index (χ3n) is 2.88. The lowest BCUT2D eigenvalue weighted by Gasteiger charge is -2.14. The smallest absolute Gasteiger partial charge is 0.266 e. The molecule has 0 aromatic heterocycles. The highest BCUT2D eigenvalue weighted by molar-refractivity contribution is 7.90. The van der Waals surface area contributed by atoms with Gasteiger partial charge in [-0.15, -0.1) is 0 Å². The molecule has 0 saturated heterocycles. The van der Waals surface area contributed by atoms with Crippen molar-refractivity contribution in [3.63, 3.8) is 0 Å². The number of hydrogen-bond acceptors (Lipinski definition) is 4. The van der Waals surface area contributed by atoms with E-state index in [1.54, 1.807) is 12.1 Å². The Morgan fingerprint density at radius 3 is 2.78 bits per heavy atom. The summed E-state index contributed by atoms with van der Waals surface area (Å²) in [6, 6.07) is 5.02. The minimum absolute atomic E-state index is 0.0567. The second-order valence-corrected chi connectivity index (χ2v) is 6.13. The van der Waals surface area contributed by atoms with Crippen molar-refractivity contribution in [2.75, 3.05) is 5.32 Å². The van der Waals surface area contributed by atoms with E-state index in [1.807, 2.05) is 11.6 Å². The fourth-order valence-electron chi connectivity index (χ4n) is 2.05. The van der Waals surface area contributed by atoms with Crippen molar-refractivity contribution in [2.24, 2.45) is 0 Å². The molecule has 1 heterocycles. The van der Waals surface area contributed by atoms with E-state index in [1.165, 1.54) is 6.07 Å². The predicted molar refractivity (Wildman–Crippen MR) is 69.1 cm³/mol.